The van der Waals surface area contributed by atoms with Crippen molar-refractivity contribution in [1.82, 2.24) is 4.57 Å². The van der Waals surface area contributed by atoms with Crippen LogP contribution in [0.2, 0.25) is 5.02 Å². The molecule has 0 unspecified atom stereocenters. The van der Waals surface area contributed by atoms with Gasteiger partial charge in [0.25, 0.3) is 5.91 Å². The van der Waals surface area contributed by atoms with Crippen molar-refractivity contribution >= 4 is 34.4 Å². The van der Waals surface area contributed by atoms with Gasteiger partial charge in [-0.05, 0) is 55.8 Å². The Morgan fingerprint density at radius 3 is 2.52 bits per heavy atom. The summed E-state index contributed by atoms with van der Waals surface area (Å²) in [6.07, 6.45) is 0. The summed E-state index contributed by atoms with van der Waals surface area (Å²) in [5.41, 5.74) is 1.98. The van der Waals surface area contributed by atoms with Gasteiger partial charge >= 0.3 is 5.97 Å². The fourth-order valence-electron chi connectivity index (χ4n) is 3.11. The molecule has 0 fully saturated rings. The number of benzene rings is 2. The molecule has 128 valence electrons. The van der Waals surface area contributed by atoms with Gasteiger partial charge in [0.05, 0.1) is 11.4 Å². The highest BCUT2D eigenvalue weighted by atomic mass is 35.5. The molecule has 2 N–H and O–H groups in total. The molecule has 0 bridgehead atoms. The van der Waals surface area contributed by atoms with E-state index >= 15 is 0 Å². The smallest absolute Gasteiger partial charge is 0.310 e. The highest BCUT2D eigenvalue weighted by molar-refractivity contribution is 6.31. The molecule has 6 heteroatoms. The van der Waals surface area contributed by atoms with Gasteiger partial charge in [-0.1, -0.05) is 17.7 Å². The maximum absolute atomic E-state index is 13.0. The Bertz CT molecular complexity index is 1010. The normalized spacial score (nSPS) is 12.3. The van der Waals surface area contributed by atoms with Crippen LogP contribution >= 0.6 is 11.6 Å². The Hall–Kier alpha value is -2.79. The number of carboxylic acids is 1. The molecule has 0 radical (unpaired) electrons. The zero-order valence-corrected chi connectivity index (χ0v) is 14.4. The van der Waals surface area contributed by atoms with Crippen LogP contribution < -0.4 is 0 Å². The number of aromatic nitrogens is 1. The third-order valence-electron chi connectivity index (χ3n) is 4.31. The number of aromatic hydroxyl groups is 1. The van der Waals surface area contributed by atoms with Gasteiger partial charge in [0.2, 0.25) is 0 Å². The summed E-state index contributed by atoms with van der Waals surface area (Å²) in [5.74, 6) is -2.11. The summed E-state index contributed by atoms with van der Waals surface area (Å²) in [5, 5.41) is 20.2. The number of phenolic OH excluding ortho intramolecular Hbond substituents is 1. The number of aliphatic carboxylic acids is 1. The van der Waals surface area contributed by atoms with Crippen molar-refractivity contribution < 1.29 is 19.8 Å². The average molecular weight is 358 g/mol. The molecule has 0 saturated carbocycles. The molecule has 0 spiro atoms. The van der Waals surface area contributed by atoms with Crippen LogP contribution in [-0.4, -0.2) is 26.7 Å². The lowest BCUT2D eigenvalue weighted by molar-refractivity contribution is -0.138. The van der Waals surface area contributed by atoms with Gasteiger partial charge in [0.1, 0.15) is 5.75 Å². The van der Waals surface area contributed by atoms with Crippen molar-refractivity contribution in [3.8, 4) is 5.75 Å². The zero-order valence-electron chi connectivity index (χ0n) is 13.7. The third-order valence-corrected chi connectivity index (χ3v) is 4.55. The summed E-state index contributed by atoms with van der Waals surface area (Å²) < 4.78 is 1.47. The molecule has 0 aliphatic rings. The number of phenols is 1. The van der Waals surface area contributed by atoms with Crippen LogP contribution in [0.4, 0.5) is 0 Å². The van der Waals surface area contributed by atoms with E-state index in [0.717, 1.165) is 0 Å². The van der Waals surface area contributed by atoms with E-state index in [-0.39, 0.29) is 11.7 Å². The topological polar surface area (TPSA) is 79.5 Å². The van der Waals surface area contributed by atoms with Crippen LogP contribution in [0.15, 0.2) is 42.5 Å². The molecule has 3 rings (SSSR count). The van der Waals surface area contributed by atoms with Gasteiger partial charge in [-0.25, -0.2) is 0 Å². The van der Waals surface area contributed by atoms with Crippen molar-refractivity contribution in [2.75, 3.05) is 0 Å². The number of rotatable bonds is 3. The van der Waals surface area contributed by atoms with E-state index in [4.69, 9.17) is 11.6 Å². The second-order valence-electron chi connectivity index (χ2n) is 5.91. The molecule has 0 aliphatic heterocycles. The van der Waals surface area contributed by atoms with Crippen molar-refractivity contribution in [3.63, 3.8) is 0 Å². The number of carboxylic acid groups (broad SMARTS) is 1. The Morgan fingerprint density at radius 2 is 1.88 bits per heavy atom. The third kappa shape index (κ3) is 2.87. The van der Waals surface area contributed by atoms with Gasteiger partial charge in [0, 0.05) is 21.7 Å². The summed E-state index contributed by atoms with van der Waals surface area (Å²) in [6.45, 7) is 3.26. The minimum atomic E-state index is -0.999. The standard InChI is InChI=1S/C19H16ClNO4/c1-10(19(24)25)17-11(2)21(16-7-6-14(22)9-15(16)17)18(23)12-4-3-5-13(20)8-12/h3-10,22H,1-2H3,(H,24,25)/t10-/m0/s1. The number of hydrogen-bond donors (Lipinski definition) is 2. The first-order valence-corrected chi connectivity index (χ1v) is 8.06. The number of fused-ring (bicyclic) bond motifs is 1. The minimum absolute atomic E-state index is 0.0127. The SMILES string of the molecule is Cc1c([C@H](C)C(=O)O)c2cc(O)ccc2n1C(=O)c1cccc(Cl)c1. The largest absolute Gasteiger partial charge is 0.508 e. The molecule has 3 aromatic rings. The maximum atomic E-state index is 13.0. The molecule has 2 aromatic carbocycles. The van der Waals surface area contributed by atoms with Gasteiger partial charge < -0.3 is 10.2 Å². The van der Waals surface area contributed by atoms with E-state index in [1.54, 1.807) is 44.2 Å². The molecular formula is C19H16ClNO4. The molecular weight excluding hydrogens is 342 g/mol. The van der Waals surface area contributed by atoms with Crippen LogP contribution in [0.25, 0.3) is 10.9 Å². The highest BCUT2D eigenvalue weighted by Gasteiger charge is 2.26. The number of carbonyl (C=O) groups is 2. The molecule has 1 aromatic heterocycles. The van der Waals surface area contributed by atoms with Crippen molar-refractivity contribution in [1.29, 1.82) is 0 Å². The van der Waals surface area contributed by atoms with Crippen LogP contribution in [0.5, 0.6) is 5.75 Å². The van der Waals surface area contributed by atoms with Crippen molar-refractivity contribution in [2.24, 2.45) is 0 Å². The summed E-state index contributed by atoms with van der Waals surface area (Å²) in [6, 6.07) is 11.1. The fourth-order valence-corrected chi connectivity index (χ4v) is 3.30. The molecule has 0 saturated heterocycles. The van der Waals surface area contributed by atoms with Crippen LogP contribution in [-0.2, 0) is 4.79 Å². The zero-order chi connectivity index (χ0) is 18.3. The van der Waals surface area contributed by atoms with E-state index in [2.05, 4.69) is 0 Å². The van der Waals surface area contributed by atoms with Gasteiger partial charge in [-0.15, -0.1) is 0 Å². The van der Waals surface area contributed by atoms with E-state index in [1.807, 2.05) is 0 Å². The number of halogens is 1. The van der Waals surface area contributed by atoms with E-state index in [0.29, 0.717) is 32.7 Å². The highest BCUT2D eigenvalue weighted by Crippen LogP contribution is 2.34. The van der Waals surface area contributed by atoms with Gasteiger partial charge in [0.15, 0.2) is 0 Å². The molecule has 0 aliphatic carbocycles. The fraction of sp³-hybridized carbons (Fsp3) is 0.158. The lowest BCUT2D eigenvalue weighted by Crippen LogP contribution is -2.15. The maximum Gasteiger partial charge on any atom is 0.310 e. The lowest BCUT2D eigenvalue weighted by Gasteiger charge is -2.09. The molecule has 5 nitrogen and oxygen atoms in total. The Kier molecular flexibility index (Phi) is 4.27. The molecule has 25 heavy (non-hydrogen) atoms. The first kappa shape index (κ1) is 17.0. The Balaban J connectivity index is 2.30. The number of carbonyl (C=O) groups excluding carboxylic acids is 1. The van der Waals surface area contributed by atoms with Crippen LogP contribution in [0, 0.1) is 6.92 Å². The van der Waals surface area contributed by atoms with E-state index < -0.39 is 11.9 Å². The van der Waals surface area contributed by atoms with Crippen LogP contribution in [0.1, 0.15) is 34.5 Å². The van der Waals surface area contributed by atoms with Gasteiger partial charge in [-0.3, -0.25) is 14.2 Å². The second-order valence-corrected chi connectivity index (χ2v) is 6.35. The van der Waals surface area contributed by atoms with E-state index in [1.165, 1.54) is 16.7 Å². The van der Waals surface area contributed by atoms with Crippen molar-refractivity contribution in [3.05, 3.63) is 64.3 Å². The molecule has 0 amide bonds. The monoisotopic (exact) mass is 357 g/mol. The Labute approximate surface area is 149 Å². The summed E-state index contributed by atoms with van der Waals surface area (Å²) in [7, 11) is 0. The summed E-state index contributed by atoms with van der Waals surface area (Å²) in [4.78, 5) is 24.5. The van der Waals surface area contributed by atoms with Gasteiger partial charge in [-0.2, -0.15) is 0 Å². The first-order valence-electron chi connectivity index (χ1n) is 7.68. The number of hydrogen-bond acceptors (Lipinski definition) is 3. The average Bonchev–Trinajstić information content (AvgIpc) is 2.84. The Morgan fingerprint density at radius 1 is 1.16 bits per heavy atom. The number of nitrogens with zero attached hydrogens (tertiary/aromatic N) is 1. The first-order chi connectivity index (χ1) is 11.8. The quantitative estimate of drug-likeness (QED) is 0.736. The minimum Gasteiger partial charge on any atom is -0.508 e. The van der Waals surface area contributed by atoms with Crippen LogP contribution in [0.3, 0.4) is 0 Å². The lowest BCUT2D eigenvalue weighted by atomic mass is 9.98. The molecule has 1 atom stereocenters. The second kappa shape index (κ2) is 6.26. The van der Waals surface area contributed by atoms with Crippen molar-refractivity contribution in [2.45, 2.75) is 19.8 Å². The van der Waals surface area contributed by atoms with E-state index in [9.17, 15) is 19.8 Å². The summed E-state index contributed by atoms with van der Waals surface area (Å²) >= 11 is 5.98. The molecule has 1 heterocycles. The predicted octanol–water partition coefficient (Wildman–Crippen LogP) is 4.19. The predicted molar refractivity (Wildman–Crippen MR) is 95.6 cm³/mol.